The molecule has 4 heteroatoms. The first-order valence-corrected chi connectivity index (χ1v) is 5.80. The van der Waals surface area contributed by atoms with Crippen molar-refractivity contribution in [3.8, 4) is 6.07 Å². The number of rotatable bonds is 3. The third kappa shape index (κ3) is 4.06. The summed E-state index contributed by atoms with van der Waals surface area (Å²) in [6, 6.07) is 7.62. The van der Waals surface area contributed by atoms with Gasteiger partial charge in [-0.1, -0.05) is 11.6 Å². The molecule has 0 heterocycles. The normalized spacial score (nSPS) is 11.1. The zero-order valence-electron chi connectivity index (χ0n) is 12.2. The monoisotopic (exact) mass is 264 g/mol. The van der Waals surface area contributed by atoms with E-state index in [1.54, 1.807) is 12.1 Å². The van der Waals surface area contributed by atoms with Crippen LogP contribution in [0, 0.1) is 17.9 Å². The number of nitriles is 1. The molecule has 0 amide bonds. The molecule has 19 heavy (non-hydrogen) atoms. The summed E-state index contributed by atoms with van der Waals surface area (Å²) in [4.78, 5) is 3.58. The van der Waals surface area contributed by atoms with Crippen LogP contribution in [0.1, 0.15) is 44.4 Å². The van der Waals surface area contributed by atoms with Crippen LogP contribution in [0.4, 0.5) is 0 Å². The van der Waals surface area contributed by atoms with Gasteiger partial charge in [-0.05, 0) is 31.5 Å². The number of nitrogens with zero attached hydrogens (tertiary/aromatic N) is 2. The number of hydrogen-bond acceptors (Lipinski definition) is 2. The van der Waals surface area contributed by atoms with E-state index in [-0.39, 0.29) is 36.2 Å². The number of benzene rings is 1. The van der Waals surface area contributed by atoms with Gasteiger partial charge in [0.2, 0.25) is 0 Å². The molecule has 3 nitrogen and oxygen atoms in total. The van der Waals surface area contributed by atoms with E-state index in [1.165, 1.54) is 0 Å². The zero-order chi connectivity index (χ0) is 14.0. The Labute approximate surface area is 137 Å². The molecule has 1 rings (SSSR count). The summed E-state index contributed by atoms with van der Waals surface area (Å²) in [6.07, 6.45) is 0. The number of hydrogen-bond donors (Lipinski definition) is 0. The second-order valence-corrected chi connectivity index (χ2v) is 5.47. The molecule has 1 aromatic rings. The Bertz CT molecular complexity index is 492. The van der Waals surface area contributed by atoms with Crippen LogP contribution in [-0.4, -0.2) is 0 Å². The molecule has 0 spiro atoms. The van der Waals surface area contributed by atoms with Crippen molar-refractivity contribution in [3.63, 3.8) is 0 Å². The first kappa shape index (κ1) is 18.2. The molecule has 0 aromatic heterocycles. The van der Waals surface area contributed by atoms with E-state index < -0.39 is 11.0 Å². The summed E-state index contributed by atoms with van der Waals surface area (Å²) in [5.41, 5.74) is 0.889. The van der Waals surface area contributed by atoms with Gasteiger partial charge in [0.25, 0.3) is 5.54 Å². The van der Waals surface area contributed by atoms with Crippen molar-refractivity contribution in [1.82, 2.24) is 0 Å². The molecule has 1 aromatic carbocycles. The fraction of sp³-hybridized carbons (Fsp3) is 0.467. The summed E-state index contributed by atoms with van der Waals surface area (Å²) < 4.78 is 0. The van der Waals surface area contributed by atoms with E-state index in [0.29, 0.717) is 5.56 Å². The maximum absolute atomic E-state index is 11.1. The predicted octanol–water partition coefficient (Wildman–Crippen LogP) is -0.494. The van der Waals surface area contributed by atoms with Gasteiger partial charge in [0.15, 0.2) is 0 Å². The van der Waals surface area contributed by atoms with Crippen LogP contribution in [0.15, 0.2) is 18.2 Å². The quantitative estimate of drug-likeness (QED) is 0.546. The van der Waals surface area contributed by atoms with Crippen LogP contribution >= 0.6 is 0 Å². The van der Waals surface area contributed by atoms with E-state index in [4.69, 9.17) is 6.57 Å². The van der Waals surface area contributed by atoms with Gasteiger partial charge in [-0.15, -0.1) is 6.61 Å². The second-order valence-electron chi connectivity index (χ2n) is 5.47. The molecule has 0 saturated heterocycles. The minimum absolute atomic E-state index is 0. The molecule has 0 aliphatic heterocycles. The third-order valence-electron chi connectivity index (χ3n) is 3.15. The van der Waals surface area contributed by atoms with Gasteiger partial charge in [-0.2, -0.15) is 5.26 Å². The van der Waals surface area contributed by atoms with Crippen LogP contribution in [0.3, 0.4) is 0 Å². The largest absolute Gasteiger partial charge is 1.00 e. The van der Waals surface area contributed by atoms with Crippen molar-refractivity contribution >= 4 is 0 Å². The second kappa shape index (κ2) is 6.55. The molecule has 0 bridgehead atoms. The Hall–Kier alpha value is -0.840. The van der Waals surface area contributed by atoms with Gasteiger partial charge in [0, 0.05) is 19.4 Å². The SMILES string of the molecule is [C-]#[N+]C(C)(C)c1cc(C[O-])cc(C(C)(C)C#N)c1.[Na+]. The molecule has 0 aliphatic carbocycles. The first-order valence-electron chi connectivity index (χ1n) is 5.80. The first-order chi connectivity index (χ1) is 8.26. The average molecular weight is 264 g/mol. The molecular formula is C15H17N2NaO. The average Bonchev–Trinajstić information content (AvgIpc) is 2.38. The summed E-state index contributed by atoms with van der Waals surface area (Å²) in [7, 11) is 0. The molecule has 0 N–H and O–H groups in total. The molecule has 0 saturated carbocycles. The van der Waals surface area contributed by atoms with Crippen LogP contribution in [0.5, 0.6) is 0 Å². The molecular weight excluding hydrogens is 247 g/mol. The summed E-state index contributed by atoms with van der Waals surface area (Å²) >= 11 is 0. The van der Waals surface area contributed by atoms with Gasteiger partial charge in [0.1, 0.15) is 0 Å². The fourth-order valence-corrected chi connectivity index (χ4v) is 1.62. The van der Waals surface area contributed by atoms with E-state index in [0.717, 1.165) is 11.1 Å². The van der Waals surface area contributed by atoms with Gasteiger partial charge in [-0.25, -0.2) is 6.57 Å². The van der Waals surface area contributed by atoms with Gasteiger partial charge in [-0.3, -0.25) is 0 Å². The van der Waals surface area contributed by atoms with Crippen molar-refractivity contribution in [2.24, 2.45) is 0 Å². The van der Waals surface area contributed by atoms with E-state index in [1.807, 2.05) is 33.8 Å². The molecule has 0 radical (unpaired) electrons. The molecule has 0 unspecified atom stereocenters. The molecule has 0 fully saturated rings. The Balaban J connectivity index is 0.00000324. The molecule has 0 aliphatic rings. The Morgan fingerprint density at radius 1 is 1.21 bits per heavy atom. The van der Waals surface area contributed by atoms with E-state index in [2.05, 4.69) is 10.9 Å². The van der Waals surface area contributed by atoms with Crippen LogP contribution in [-0.2, 0) is 17.6 Å². The molecule has 94 valence electrons. The van der Waals surface area contributed by atoms with Crippen molar-refractivity contribution in [2.45, 2.75) is 45.3 Å². The van der Waals surface area contributed by atoms with Crippen molar-refractivity contribution in [1.29, 1.82) is 5.26 Å². The minimum Gasteiger partial charge on any atom is -0.851 e. The Kier molecular flexibility index (Phi) is 6.26. The van der Waals surface area contributed by atoms with Crippen LogP contribution in [0.25, 0.3) is 4.85 Å². The van der Waals surface area contributed by atoms with Gasteiger partial charge >= 0.3 is 29.6 Å². The minimum atomic E-state index is -0.675. The van der Waals surface area contributed by atoms with Crippen molar-refractivity contribution in [3.05, 3.63) is 46.3 Å². The molecule has 0 atom stereocenters. The van der Waals surface area contributed by atoms with Crippen molar-refractivity contribution in [2.75, 3.05) is 0 Å². The Morgan fingerprint density at radius 2 is 1.74 bits per heavy atom. The van der Waals surface area contributed by atoms with E-state index in [9.17, 15) is 10.4 Å². The Morgan fingerprint density at radius 3 is 2.16 bits per heavy atom. The summed E-state index contributed by atoms with van der Waals surface area (Å²) in [5, 5.41) is 20.3. The third-order valence-corrected chi connectivity index (χ3v) is 3.15. The smallest absolute Gasteiger partial charge is 0.851 e. The van der Waals surface area contributed by atoms with Gasteiger partial charge in [0.05, 0.1) is 11.5 Å². The topological polar surface area (TPSA) is 51.2 Å². The summed E-state index contributed by atoms with van der Waals surface area (Å²) in [6.45, 7) is 14.1. The zero-order valence-corrected chi connectivity index (χ0v) is 14.2. The predicted molar refractivity (Wildman–Crippen MR) is 68.4 cm³/mol. The van der Waals surface area contributed by atoms with Crippen LogP contribution < -0.4 is 34.7 Å². The van der Waals surface area contributed by atoms with E-state index >= 15 is 0 Å². The maximum Gasteiger partial charge on any atom is 1.00 e. The van der Waals surface area contributed by atoms with Crippen molar-refractivity contribution < 1.29 is 34.7 Å². The fourth-order valence-electron chi connectivity index (χ4n) is 1.62. The maximum atomic E-state index is 11.1. The van der Waals surface area contributed by atoms with Crippen LogP contribution in [0.2, 0.25) is 0 Å². The summed E-state index contributed by atoms with van der Waals surface area (Å²) in [5.74, 6) is 0. The standard InChI is InChI=1S/C15H17N2O.Na/c1-14(2,10-16)12-6-11(9-18)7-13(8-12)15(3,4)17-5;/h6-8H,9H2,1-4H3;/q-1;+1. The van der Waals surface area contributed by atoms with Gasteiger partial charge < -0.3 is 9.95 Å².